The van der Waals surface area contributed by atoms with Crippen molar-refractivity contribution >= 4 is 0 Å². The summed E-state index contributed by atoms with van der Waals surface area (Å²) >= 11 is 0. The molecule has 0 fully saturated rings. The number of aromatic nitrogens is 2. The van der Waals surface area contributed by atoms with Crippen LogP contribution in [0.1, 0.15) is 16.8 Å². The van der Waals surface area contributed by atoms with Crippen molar-refractivity contribution in [3.63, 3.8) is 0 Å². The SMILES string of the molecule is Cc1nnc(Oc2ccc(Oc3ccccc3)cc2)c(C#N)c1C. The first-order chi connectivity index (χ1) is 11.7. The van der Waals surface area contributed by atoms with Gasteiger partial charge in [-0.25, -0.2) is 0 Å². The van der Waals surface area contributed by atoms with E-state index >= 15 is 0 Å². The van der Waals surface area contributed by atoms with Crippen molar-refractivity contribution in [2.45, 2.75) is 13.8 Å². The van der Waals surface area contributed by atoms with Crippen LogP contribution in [0.25, 0.3) is 0 Å². The number of hydrogen-bond acceptors (Lipinski definition) is 5. The second-order valence-corrected chi connectivity index (χ2v) is 5.19. The molecule has 3 rings (SSSR count). The lowest BCUT2D eigenvalue weighted by atomic mass is 10.1. The predicted octanol–water partition coefficient (Wildman–Crippen LogP) is 4.55. The molecule has 1 heterocycles. The van der Waals surface area contributed by atoms with Gasteiger partial charge in [0, 0.05) is 0 Å². The summed E-state index contributed by atoms with van der Waals surface area (Å²) in [6, 6.07) is 18.7. The fourth-order valence-electron chi connectivity index (χ4n) is 2.10. The molecular weight excluding hydrogens is 302 g/mol. The standard InChI is InChI=1S/C19H15N3O2/c1-13-14(2)21-22-19(18(13)12-20)24-17-10-8-16(9-11-17)23-15-6-4-3-5-7-15/h3-11H,1-2H3. The van der Waals surface area contributed by atoms with Crippen molar-refractivity contribution in [2.24, 2.45) is 0 Å². The molecule has 0 aliphatic carbocycles. The number of hydrogen-bond donors (Lipinski definition) is 0. The van der Waals surface area contributed by atoms with E-state index < -0.39 is 0 Å². The predicted molar refractivity (Wildman–Crippen MR) is 89.3 cm³/mol. The number of nitriles is 1. The van der Waals surface area contributed by atoms with Gasteiger partial charge in [-0.3, -0.25) is 0 Å². The minimum Gasteiger partial charge on any atom is -0.457 e. The highest BCUT2D eigenvalue weighted by molar-refractivity contribution is 5.47. The fourth-order valence-corrected chi connectivity index (χ4v) is 2.10. The summed E-state index contributed by atoms with van der Waals surface area (Å²) in [5.41, 5.74) is 1.88. The molecule has 0 saturated heterocycles. The smallest absolute Gasteiger partial charge is 0.257 e. The third-order valence-corrected chi connectivity index (χ3v) is 3.55. The van der Waals surface area contributed by atoms with Gasteiger partial charge in [-0.15, -0.1) is 5.10 Å². The number of nitrogens with zero attached hydrogens (tertiary/aromatic N) is 3. The van der Waals surface area contributed by atoms with Crippen LogP contribution in [0.15, 0.2) is 54.6 Å². The van der Waals surface area contributed by atoms with E-state index in [-0.39, 0.29) is 5.88 Å². The van der Waals surface area contributed by atoms with Crippen molar-refractivity contribution in [1.29, 1.82) is 5.26 Å². The zero-order chi connectivity index (χ0) is 16.9. The van der Waals surface area contributed by atoms with Gasteiger partial charge in [0.05, 0.1) is 5.69 Å². The monoisotopic (exact) mass is 317 g/mol. The van der Waals surface area contributed by atoms with Crippen molar-refractivity contribution in [1.82, 2.24) is 10.2 Å². The molecule has 0 radical (unpaired) electrons. The normalized spacial score (nSPS) is 10.0. The Hall–Kier alpha value is -3.39. The summed E-state index contributed by atoms with van der Waals surface area (Å²) in [5.74, 6) is 2.22. The molecule has 3 aromatic rings. The molecule has 0 aliphatic heterocycles. The van der Waals surface area contributed by atoms with Crippen LogP contribution in [-0.4, -0.2) is 10.2 Å². The lowest BCUT2D eigenvalue weighted by Crippen LogP contribution is -2.00. The third-order valence-electron chi connectivity index (χ3n) is 3.55. The number of aryl methyl sites for hydroxylation is 1. The number of rotatable bonds is 4. The summed E-state index contributed by atoms with van der Waals surface area (Å²) in [4.78, 5) is 0. The first-order valence-electron chi connectivity index (χ1n) is 7.42. The Morgan fingerprint density at radius 2 is 1.38 bits per heavy atom. The summed E-state index contributed by atoms with van der Waals surface area (Å²) in [7, 11) is 0. The summed E-state index contributed by atoms with van der Waals surface area (Å²) in [6.45, 7) is 3.63. The van der Waals surface area contributed by atoms with Crippen LogP contribution in [0.3, 0.4) is 0 Å². The Morgan fingerprint density at radius 3 is 2.00 bits per heavy atom. The largest absolute Gasteiger partial charge is 0.457 e. The Balaban J connectivity index is 1.78. The maximum absolute atomic E-state index is 9.29. The average Bonchev–Trinajstić information content (AvgIpc) is 2.61. The van der Waals surface area contributed by atoms with Crippen LogP contribution in [0.5, 0.6) is 23.1 Å². The second kappa shape index (κ2) is 6.80. The molecule has 1 aromatic heterocycles. The molecule has 5 heteroatoms. The molecule has 5 nitrogen and oxygen atoms in total. The van der Waals surface area contributed by atoms with E-state index in [0.29, 0.717) is 22.8 Å². The Labute approximate surface area is 140 Å². The second-order valence-electron chi connectivity index (χ2n) is 5.19. The van der Waals surface area contributed by atoms with Crippen LogP contribution >= 0.6 is 0 Å². The van der Waals surface area contributed by atoms with E-state index in [1.165, 1.54) is 0 Å². The Bertz CT molecular complexity index is 885. The molecule has 24 heavy (non-hydrogen) atoms. The highest BCUT2D eigenvalue weighted by atomic mass is 16.5. The van der Waals surface area contributed by atoms with Gasteiger partial charge in [-0.05, 0) is 55.8 Å². The van der Waals surface area contributed by atoms with Crippen molar-refractivity contribution in [3.8, 4) is 29.2 Å². The molecule has 2 aromatic carbocycles. The van der Waals surface area contributed by atoms with E-state index in [1.54, 1.807) is 24.3 Å². The van der Waals surface area contributed by atoms with Gasteiger partial charge < -0.3 is 9.47 Å². The molecule has 0 unspecified atom stereocenters. The highest BCUT2D eigenvalue weighted by Crippen LogP contribution is 2.28. The van der Waals surface area contributed by atoms with E-state index in [9.17, 15) is 5.26 Å². The lowest BCUT2D eigenvalue weighted by Gasteiger charge is -2.09. The molecule has 0 N–H and O–H groups in total. The lowest BCUT2D eigenvalue weighted by molar-refractivity contribution is 0.447. The van der Waals surface area contributed by atoms with Gasteiger partial charge in [0.2, 0.25) is 0 Å². The van der Waals surface area contributed by atoms with Gasteiger partial charge in [0.25, 0.3) is 5.88 Å². The topological polar surface area (TPSA) is 68.0 Å². The summed E-state index contributed by atoms with van der Waals surface area (Å²) in [6.07, 6.45) is 0. The number of ether oxygens (including phenoxy) is 2. The molecule has 0 amide bonds. The van der Waals surface area contributed by atoms with Crippen molar-refractivity contribution in [2.75, 3.05) is 0 Å². The Kier molecular flexibility index (Phi) is 4.39. The Morgan fingerprint density at radius 1 is 0.792 bits per heavy atom. The van der Waals surface area contributed by atoms with Crippen LogP contribution in [0, 0.1) is 25.2 Å². The van der Waals surface area contributed by atoms with Crippen LogP contribution in [0.2, 0.25) is 0 Å². The van der Waals surface area contributed by atoms with Gasteiger partial charge >= 0.3 is 0 Å². The minimum atomic E-state index is 0.206. The van der Waals surface area contributed by atoms with Crippen LogP contribution in [-0.2, 0) is 0 Å². The number of benzene rings is 2. The molecule has 0 spiro atoms. The first-order valence-corrected chi connectivity index (χ1v) is 7.42. The molecule has 0 aliphatic rings. The van der Waals surface area contributed by atoms with Crippen LogP contribution < -0.4 is 9.47 Å². The van der Waals surface area contributed by atoms with Gasteiger partial charge in [-0.2, -0.15) is 10.4 Å². The molecule has 0 saturated carbocycles. The van der Waals surface area contributed by atoms with Crippen LogP contribution in [0.4, 0.5) is 0 Å². The first kappa shape index (κ1) is 15.5. The van der Waals surface area contributed by atoms with Crippen molar-refractivity contribution in [3.05, 3.63) is 71.4 Å². The third kappa shape index (κ3) is 3.33. The van der Waals surface area contributed by atoms with E-state index in [1.807, 2.05) is 44.2 Å². The molecule has 0 bridgehead atoms. The van der Waals surface area contributed by atoms with E-state index in [2.05, 4.69) is 16.3 Å². The summed E-state index contributed by atoms with van der Waals surface area (Å²) < 4.78 is 11.4. The minimum absolute atomic E-state index is 0.206. The maximum Gasteiger partial charge on any atom is 0.257 e. The molecular formula is C19H15N3O2. The average molecular weight is 317 g/mol. The maximum atomic E-state index is 9.29. The molecule has 118 valence electrons. The zero-order valence-corrected chi connectivity index (χ0v) is 13.4. The van der Waals surface area contributed by atoms with Crippen molar-refractivity contribution < 1.29 is 9.47 Å². The van der Waals surface area contributed by atoms with E-state index in [0.717, 1.165) is 11.3 Å². The summed E-state index contributed by atoms with van der Waals surface area (Å²) in [5, 5.41) is 17.3. The van der Waals surface area contributed by atoms with Gasteiger partial charge in [0.1, 0.15) is 28.9 Å². The number of para-hydroxylation sites is 1. The van der Waals surface area contributed by atoms with Gasteiger partial charge in [-0.1, -0.05) is 18.2 Å². The highest BCUT2D eigenvalue weighted by Gasteiger charge is 2.13. The van der Waals surface area contributed by atoms with E-state index in [4.69, 9.17) is 9.47 Å². The zero-order valence-electron chi connectivity index (χ0n) is 13.4. The fraction of sp³-hybridized carbons (Fsp3) is 0.105. The quantitative estimate of drug-likeness (QED) is 0.706. The molecule has 0 atom stereocenters. The van der Waals surface area contributed by atoms with Gasteiger partial charge in [0.15, 0.2) is 0 Å².